The molecule has 1 N–H and O–H groups in total. The predicted octanol–water partition coefficient (Wildman–Crippen LogP) is 3.99. The monoisotopic (exact) mass is 304 g/mol. The van der Waals surface area contributed by atoms with Gasteiger partial charge in [-0.25, -0.2) is 0 Å². The van der Waals surface area contributed by atoms with E-state index in [4.69, 9.17) is 4.74 Å². The average molecular weight is 304 g/mol. The van der Waals surface area contributed by atoms with Gasteiger partial charge in [0, 0.05) is 10.9 Å². The highest BCUT2D eigenvalue weighted by Gasteiger charge is 2.31. The maximum Gasteiger partial charge on any atom is 0.132 e. The van der Waals surface area contributed by atoms with Crippen LogP contribution in [0.2, 0.25) is 0 Å². The van der Waals surface area contributed by atoms with Crippen LogP contribution >= 0.6 is 11.8 Å². The second kappa shape index (κ2) is 7.72. The third-order valence-electron chi connectivity index (χ3n) is 3.74. The molecule has 21 heavy (non-hydrogen) atoms. The van der Waals surface area contributed by atoms with Crippen LogP contribution in [0.5, 0.6) is 5.75 Å². The van der Waals surface area contributed by atoms with Crippen molar-refractivity contribution in [1.82, 2.24) is 5.32 Å². The van der Waals surface area contributed by atoms with Gasteiger partial charge in [0.05, 0.1) is 13.2 Å². The molecule has 1 atom stereocenters. The Morgan fingerprint density at radius 1 is 1.38 bits per heavy atom. The first-order valence-electron chi connectivity index (χ1n) is 7.61. The lowest BCUT2D eigenvalue weighted by molar-refractivity contribution is 0.401. The number of nitrogens with zero attached hydrogens (tertiary/aromatic N) is 1. The lowest BCUT2D eigenvalue weighted by Gasteiger charge is -2.23. The number of benzene rings is 1. The van der Waals surface area contributed by atoms with Gasteiger partial charge in [-0.1, -0.05) is 12.1 Å². The molecular formula is C17H24N2OS. The first kappa shape index (κ1) is 16.2. The van der Waals surface area contributed by atoms with Crippen molar-refractivity contribution in [3.05, 3.63) is 24.3 Å². The molecule has 1 aliphatic rings. The molecule has 1 aromatic carbocycles. The topological polar surface area (TPSA) is 45.0 Å². The van der Waals surface area contributed by atoms with E-state index in [0.717, 1.165) is 30.8 Å². The SMILES string of the molecule is COc1ccccc1SCCCCC(C)(C#N)NC1CC1. The largest absolute Gasteiger partial charge is 0.496 e. The number of hydrogen-bond donors (Lipinski definition) is 1. The van der Waals surface area contributed by atoms with Gasteiger partial charge >= 0.3 is 0 Å². The Morgan fingerprint density at radius 2 is 2.14 bits per heavy atom. The molecule has 1 fully saturated rings. The van der Waals surface area contributed by atoms with Gasteiger partial charge in [-0.05, 0) is 56.9 Å². The van der Waals surface area contributed by atoms with E-state index in [1.807, 2.05) is 36.9 Å². The third-order valence-corrected chi connectivity index (χ3v) is 4.89. The van der Waals surface area contributed by atoms with Gasteiger partial charge in [-0.15, -0.1) is 11.8 Å². The van der Waals surface area contributed by atoms with E-state index in [0.29, 0.717) is 6.04 Å². The summed E-state index contributed by atoms with van der Waals surface area (Å²) in [5.74, 6) is 2.01. The number of ether oxygens (including phenoxy) is 1. The van der Waals surface area contributed by atoms with Crippen molar-refractivity contribution in [1.29, 1.82) is 5.26 Å². The predicted molar refractivity (Wildman–Crippen MR) is 87.7 cm³/mol. The quantitative estimate of drug-likeness (QED) is 0.553. The molecule has 1 saturated carbocycles. The van der Waals surface area contributed by atoms with Crippen LogP contribution in [0.1, 0.15) is 39.0 Å². The van der Waals surface area contributed by atoms with Crippen molar-refractivity contribution in [3.8, 4) is 11.8 Å². The number of nitrogens with one attached hydrogen (secondary N) is 1. The number of nitriles is 1. The van der Waals surface area contributed by atoms with E-state index < -0.39 is 0 Å². The smallest absolute Gasteiger partial charge is 0.132 e. The molecule has 0 saturated heterocycles. The van der Waals surface area contributed by atoms with Gasteiger partial charge in [-0.2, -0.15) is 5.26 Å². The summed E-state index contributed by atoms with van der Waals surface area (Å²) in [7, 11) is 1.71. The zero-order valence-electron chi connectivity index (χ0n) is 12.9. The molecule has 0 aromatic heterocycles. The molecule has 114 valence electrons. The zero-order chi connectivity index (χ0) is 15.1. The van der Waals surface area contributed by atoms with E-state index >= 15 is 0 Å². The standard InChI is InChI=1S/C17H24N2OS/c1-17(13-18,19-14-9-10-14)11-5-6-12-21-16-8-4-3-7-15(16)20-2/h3-4,7-8,14,19H,5-6,9-12H2,1-2H3. The van der Waals surface area contributed by atoms with Gasteiger partial charge in [-0.3, -0.25) is 5.32 Å². The van der Waals surface area contributed by atoms with Crippen LogP contribution in [0, 0.1) is 11.3 Å². The summed E-state index contributed by atoms with van der Waals surface area (Å²) in [5.41, 5.74) is -0.351. The molecule has 3 nitrogen and oxygen atoms in total. The highest BCUT2D eigenvalue weighted by atomic mass is 32.2. The Morgan fingerprint density at radius 3 is 2.81 bits per heavy atom. The van der Waals surface area contributed by atoms with E-state index in [9.17, 15) is 5.26 Å². The number of para-hydroxylation sites is 1. The van der Waals surface area contributed by atoms with E-state index in [-0.39, 0.29) is 5.54 Å². The number of thioether (sulfide) groups is 1. The van der Waals surface area contributed by atoms with Gasteiger partial charge in [0.15, 0.2) is 0 Å². The summed E-state index contributed by atoms with van der Waals surface area (Å²) >= 11 is 1.83. The van der Waals surface area contributed by atoms with Crippen LogP contribution in [0.15, 0.2) is 29.2 Å². The molecule has 0 radical (unpaired) electrons. The Kier molecular flexibility index (Phi) is 5.96. The van der Waals surface area contributed by atoms with E-state index in [1.165, 1.54) is 17.7 Å². The highest BCUT2D eigenvalue weighted by Crippen LogP contribution is 2.30. The van der Waals surface area contributed by atoms with E-state index in [2.05, 4.69) is 17.5 Å². The summed E-state index contributed by atoms with van der Waals surface area (Å²) < 4.78 is 5.35. The van der Waals surface area contributed by atoms with Crippen LogP contribution < -0.4 is 10.1 Å². The molecule has 1 aliphatic carbocycles. The van der Waals surface area contributed by atoms with Crippen LogP contribution in [0.4, 0.5) is 0 Å². The number of rotatable bonds is 9. The van der Waals surface area contributed by atoms with Gasteiger partial charge in [0.1, 0.15) is 11.3 Å². The fourth-order valence-corrected chi connectivity index (χ4v) is 3.38. The lowest BCUT2D eigenvalue weighted by atomic mass is 9.96. The summed E-state index contributed by atoms with van der Waals surface area (Å²) in [6.07, 6.45) is 5.56. The second-order valence-electron chi connectivity index (χ2n) is 5.82. The first-order valence-corrected chi connectivity index (χ1v) is 8.60. The molecule has 1 unspecified atom stereocenters. The summed E-state index contributed by atoms with van der Waals surface area (Å²) in [6, 6.07) is 11.1. The minimum absolute atomic E-state index is 0.351. The van der Waals surface area contributed by atoms with Crippen molar-refractivity contribution >= 4 is 11.8 Å². The van der Waals surface area contributed by atoms with E-state index in [1.54, 1.807) is 7.11 Å². The van der Waals surface area contributed by atoms with Crippen LogP contribution in [0.3, 0.4) is 0 Å². The molecule has 2 rings (SSSR count). The maximum atomic E-state index is 9.33. The van der Waals surface area contributed by atoms with Crippen molar-refractivity contribution < 1.29 is 4.74 Å². The van der Waals surface area contributed by atoms with Crippen molar-refractivity contribution in [2.45, 2.75) is 55.5 Å². The number of hydrogen-bond acceptors (Lipinski definition) is 4. The van der Waals surface area contributed by atoms with Crippen LogP contribution in [0.25, 0.3) is 0 Å². The third kappa shape index (κ3) is 5.26. The minimum atomic E-state index is -0.351. The van der Waals surface area contributed by atoms with Crippen molar-refractivity contribution in [2.24, 2.45) is 0 Å². The lowest BCUT2D eigenvalue weighted by Crippen LogP contribution is -2.42. The van der Waals surface area contributed by atoms with Crippen LogP contribution in [-0.4, -0.2) is 24.4 Å². The van der Waals surface area contributed by atoms with Crippen LogP contribution in [-0.2, 0) is 0 Å². The Labute approximate surface area is 132 Å². The molecular weight excluding hydrogens is 280 g/mol. The zero-order valence-corrected chi connectivity index (χ0v) is 13.7. The fourth-order valence-electron chi connectivity index (χ4n) is 2.34. The fraction of sp³-hybridized carbons (Fsp3) is 0.588. The summed E-state index contributed by atoms with van der Waals surface area (Å²) in [5, 5.41) is 12.8. The van der Waals surface area contributed by atoms with Gasteiger partial charge < -0.3 is 4.74 Å². The molecule has 0 amide bonds. The minimum Gasteiger partial charge on any atom is -0.496 e. The van der Waals surface area contributed by atoms with Crippen molar-refractivity contribution in [2.75, 3.05) is 12.9 Å². The Balaban J connectivity index is 1.68. The molecule has 4 heteroatoms. The van der Waals surface area contributed by atoms with Crippen molar-refractivity contribution in [3.63, 3.8) is 0 Å². The molecule has 0 bridgehead atoms. The maximum absolute atomic E-state index is 9.33. The molecule has 0 aliphatic heterocycles. The average Bonchev–Trinajstić information content (AvgIpc) is 3.31. The summed E-state index contributed by atoms with van der Waals surface area (Å²) in [4.78, 5) is 1.19. The van der Waals surface area contributed by atoms with Gasteiger partial charge in [0.2, 0.25) is 0 Å². The normalized spacial score (nSPS) is 17.0. The Bertz CT molecular complexity index is 496. The van der Waals surface area contributed by atoms with Gasteiger partial charge in [0.25, 0.3) is 0 Å². The Hall–Kier alpha value is -1.18. The first-order chi connectivity index (χ1) is 10.2. The molecule has 0 spiro atoms. The number of unbranched alkanes of at least 4 members (excludes halogenated alkanes) is 1. The molecule has 0 heterocycles. The summed E-state index contributed by atoms with van der Waals surface area (Å²) in [6.45, 7) is 2.03. The number of methoxy groups -OCH3 is 1. The second-order valence-corrected chi connectivity index (χ2v) is 6.96. The molecule has 1 aromatic rings. The highest BCUT2D eigenvalue weighted by molar-refractivity contribution is 7.99.